The van der Waals surface area contributed by atoms with Gasteiger partial charge in [-0.2, -0.15) is 18.2 Å². The van der Waals surface area contributed by atoms with Gasteiger partial charge in [-0.25, -0.2) is 9.37 Å². The van der Waals surface area contributed by atoms with Crippen LogP contribution in [0.25, 0.3) is 0 Å². The minimum absolute atomic E-state index is 0. The highest BCUT2D eigenvalue weighted by molar-refractivity contribution is 5.85. The minimum Gasteiger partial charge on any atom is -0.354 e. The largest absolute Gasteiger partial charge is 0.419 e. The first-order chi connectivity index (χ1) is 14.7. The Morgan fingerprint density at radius 2 is 1.97 bits per heavy atom. The third kappa shape index (κ3) is 5.23. The molecule has 1 aromatic heterocycles. The summed E-state index contributed by atoms with van der Waals surface area (Å²) in [5.41, 5.74) is 0.636. The molecule has 1 amide bonds. The van der Waals surface area contributed by atoms with Crippen LogP contribution in [0.2, 0.25) is 0 Å². The molecule has 0 saturated carbocycles. The number of anilines is 3. The van der Waals surface area contributed by atoms with Gasteiger partial charge < -0.3 is 15.5 Å². The lowest BCUT2D eigenvalue weighted by Gasteiger charge is -2.35. The third-order valence-corrected chi connectivity index (χ3v) is 5.57. The Balaban J connectivity index is 0.00000289. The summed E-state index contributed by atoms with van der Waals surface area (Å²) in [6.45, 7) is 2.87. The number of nitrogens with zero attached hydrogens (tertiary/aromatic N) is 3. The van der Waals surface area contributed by atoms with Gasteiger partial charge in [-0.1, -0.05) is 0 Å². The minimum atomic E-state index is -4.79. The van der Waals surface area contributed by atoms with Gasteiger partial charge in [0.15, 0.2) is 0 Å². The van der Waals surface area contributed by atoms with E-state index < -0.39 is 17.6 Å². The molecule has 1 aliphatic heterocycles. The van der Waals surface area contributed by atoms with Crippen LogP contribution in [0.5, 0.6) is 0 Å². The van der Waals surface area contributed by atoms with E-state index in [1.54, 1.807) is 0 Å². The molecule has 0 radical (unpaired) electrons. The molecule has 0 unspecified atom stereocenters. The molecule has 11 heteroatoms. The Morgan fingerprint density at radius 1 is 1.19 bits per heavy atom. The van der Waals surface area contributed by atoms with Gasteiger partial charge in [-0.3, -0.25) is 4.79 Å². The van der Waals surface area contributed by atoms with Gasteiger partial charge in [0.05, 0.1) is 11.3 Å². The van der Waals surface area contributed by atoms with Crippen LogP contribution in [-0.2, 0) is 23.8 Å². The molecular formula is C21H24ClF4N5O. The molecule has 1 saturated heterocycles. The normalized spacial score (nSPS) is 18.0. The molecule has 2 aromatic rings. The van der Waals surface area contributed by atoms with E-state index in [9.17, 15) is 22.4 Å². The van der Waals surface area contributed by atoms with Gasteiger partial charge in [-0.15, -0.1) is 12.4 Å². The number of rotatable bonds is 4. The number of fused-ring (bicyclic) bond motifs is 1. The average Bonchev–Trinajstić information content (AvgIpc) is 3.16. The van der Waals surface area contributed by atoms with Gasteiger partial charge in [0.2, 0.25) is 11.9 Å². The number of benzene rings is 1. The summed E-state index contributed by atoms with van der Waals surface area (Å²) in [5.74, 6) is -0.486. The monoisotopic (exact) mass is 473 g/mol. The summed E-state index contributed by atoms with van der Waals surface area (Å²) in [5, 5.41) is 5.76. The number of aromatic nitrogens is 2. The summed E-state index contributed by atoms with van der Waals surface area (Å²) in [6, 6.07) is 2.75. The number of piperidine rings is 1. The number of carbonyl (C=O) groups is 1. The Bertz CT molecular complexity index is 1000. The predicted molar refractivity (Wildman–Crippen MR) is 115 cm³/mol. The standard InChI is InChI=1S/C21H23F4N5O.ClH/c1-12(31)26-14-4-3-9-30(11-14)19-15-5-2-6-18(15)28-20(29-19)27-13-7-8-17(22)16(10-13)21(23,24)25;/h7-8,10,14H,2-6,9,11H2,1H3,(H,26,31)(H,27,28,29);1H/t14-;/m1./s1. The number of alkyl halides is 3. The van der Waals surface area contributed by atoms with E-state index in [2.05, 4.69) is 25.5 Å². The SMILES string of the molecule is CC(=O)N[C@@H]1CCCN(c2nc(Nc3ccc(F)c(C(F)(F)F)c3)nc3c2CCC3)C1.Cl. The van der Waals surface area contributed by atoms with Crippen molar-refractivity contribution in [3.63, 3.8) is 0 Å². The van der Waals surface area contributed by atoms with E-state index >= 15 is 0 Å². The van der Waals surface area contributed by atoms with E-state index in [0.29, 0.717) is 6.54 Å². The zero-order valence-electron chi connectivity index (χ0n) is 17.4. The molecule has 6 nitrogen and oxygen atoms in total. The average molecular weight is 474 g/mol. The van der Waals surface area contributed by atoms with Crippen molar-refractivity contribution in [2.45, 2.75) is 51.2 Å². The molecule has 2 heterocycles. The van der Waals surface area contributed by atoms with Gasteiger partial charge in [0, 0.05) is 37.3 Å². The molecule has 0 bridgehead atoms. The lowest BCUT2D eigenvalue weighted by molar-refractivity contribution is -0.140. The third-order valence-electron chi connectivity index (χ3n) is 5.57. The van der Waals surface area contributed by atoms with Crippen LogP contribution in [0.4, 0.5) is 35.0 Å². The first kappa shape index (κ1) is 24.0. The topological polar surface area (TPSA) is 70.2 Å². The van der Waals surface area contributed by atoms with Gasteiger partial charge in [0.25, 0.3) is 0 Å². The molecule has 2 aliphatic rings. The molecule has 2 N–H and O–H groups in total. The number of hydrogen-bond donors (Lipinski definition) is 2. The van der Waals surface area contributed by atoms with Gasteiger partial charge in [0.1, 0.15) is 11.6 Å². The van der Waals surface area contributed by atoms with Gasteiger partial charge >= 0.3 is 6.18 Å². The van der Waals surface area contributed by atoms with E-state index in [1.165, 1.54) is 13.0 Å². The molecule has 1 atom stereocenters. The van der Waals surface area contributed by atoms with Crippen molar-refractivity contribution < 1.29 is 22.4 Å². The first-order valence-electron chi connectivity index (χ1n) is 10.3. The molecular weight excluding hydrogens is 450 g/mol. The molecule has 1 aromatic carbocycles. The second kappa shape index (κ2) is 9.48. The second-order valence-electron chi connectivity index (χ2n) is 7.95. The highest BCUT2D eigenvalue weighted by atomic mass is 35.5. The first-order valence-corrected chi connectivity index (χ1v) is 10.3. The predicted octanol–water partition coefficient (Wildman–Crippen LogP) is 4.39. The van der Waals surface area contributed by atoms with E-state index in [0.717, 1.165) is 67.9 Å². The highest BCUT2D eigenvalue weighted by Gasteiger charge is 2.34. The molecule has 1 fully saturated rings. The maximum atomic E-state index is 13.6. The fourth-order valence-electron chi connectivity index (χ4n) is 4.25. The van der Waals surface area contributed by atoms with Crippen molar-refractivity contribution in [2.75, 3.05) is 23.3 Å². The number of nitrogens with one attached hydrogen (secondary N) is 2. The maximum Gasteiger partial charge on any atom is 0.419 e. The summed E-state index contributed by atoms with van der Waals surface area (Å²) >= 11 is 0. The van der Waals surface area contributed by atoms with Gasteiger partial charge in [-0.05, 0) is 50.3 Å². The van der Waals surface area contributed by atoms with Crippen molar-refractivity contribution in [1.82, 2.24) is 15.3 Å². The lowest BCUT2D eigenvalue weighted by atomic mass is 10.0. The van der Waals surface area contributed by atoms with Crippen molar-refractivity contribution in [1.29, 1.82) is 0 Å². The van der Waals surface area contributed by atoms with E-state index in [1.807, 2.05) is 0 Å². The Kier molecular flexibility index (Phi) is 7.12. The van der Waals surface area contributed by atoms with Crippen LogP contribution >= 0.6 is 12.4 Å². The highest BCUT2D eigenvalue weighted by Crippen LogP contribution is 2.35. The molecule has 1 aliphatic carbocycles. The molecule has 174 valence electrons. The van der Waals surface area contributed by atoms with Crippen LogP contribution < -0.4 is 15.5 Å². The van der Waals surface area contributed by atoms with Crippen LogP contribution in [-0.4, -0.2) is 35.0 Å². The Labute approximate surface area is 189 Å². The zero-order valence-corrected chi connectivity index (χ0v) is 18.2. The molecule has 4 rings (SSSR count). The zero-order chi connectivity index (χ0) is 22.2. The fraction of sp³-hybridized carbons (Fsp3) is 0.476. The molecule has 32 heavy (non-hydrogen) atoms. The van der Waals surface area contributed by atoms with Crippen LogP contribution in [0.15, 0.2) is 18.2 Å². The smallest absolute Gasteiger partial charge is 0.354 e. The van der Waals surface area contributed by atoms with Crippen molar-refractivity contribution in [2.24, 2.45) is 0 Å². The quantitative estimate of drug-likeness (QED) is 0.644. The number of carbonyl (C=O) groups excluding carboxylic acids is 1. The van der Waals surface area contributed by atoms with E-state index in [4.69, 9.17) is 0 Å². The lowest BCUT2D eigenvalue weighted by Crippen LogP contribution is -2.47. The summed E-state index contributed by atoms with van der Waals surface area (Å²) < 4.78 is 52.7. The van der Waals surface area contributed by atoms with Crippen molar-refractivity contribution in [3.05, 3.63) is 40.8 Å². The van der Waals surface area contributed by atoms with Crippen molar-refractivity contribution >= 4 is 35.8 Å². The number of hydrogen-bond acceptors (Lipinski definition) is 5. The Morgan fingerprint density at radius 3 is 2.69 bits per heavy atom. The summed E-state index contributed by atoms with van der Waals surface area (Å²) in [6.07, 6.45) is -0.499. The summed E-state index contributed by atoms with van der Waals surface area (Å²) in [4.78, 5) is 22.7. The number of aryl methyl sites for hydroxylation is 1. The van der Waals surface area contributed by atoms with Crippen LogP contribution in [0, 0.1) is 5.82 Å². The Hall–Kier alpha value is -2.62. The summed E-state index contributed by atoms with van der Waals surface area (Å²) in [7, 11) is 0. The molecule has 0 spiro atoms. The number of halogens is 5. The van der Waals surface area contributed by atoms with Crippen molar-refractivity contribution in [3.8, 4) is 0 Å². The number of amides is 1. The second-order valence-corrected chi connectivity index (χ2v) is 7.95. The van der Waals surface area contributed by atoms with Crippen LogP contribution in [0.3, 0.4) is 0 Å². The fourth-order valence-corrected chi connectivity index (χ4v) is 4.25. The maximum absolute atomic E-state index is 13.6. The van der Waals surface area contributed by atoms with E-state index in [-0.39, 0.29) is 36.0 Å². The van der Waals surface area contributed by atoms with Crippen LogP contribution in [0.1, 0.15) is 43.0 Å².